The highest BCUT2D eigenvalue weighted by molar-refractivity contribution is 4.80. The zero-order valence-electron chi connectivity index (χ0n) is 12.6. The first-order chi connectivity index (χ1) is 7.21. The van der Waals surface area contributed by atoms with E-state index in [0.29, 0.717) is 18.0 Å². The Labute approximate surface area is 103 Å². The number of nitrogens with one attached hydrogen (secondary N) is 1. The van der Waals surface area contributed by atoms with Gasteiger partial charge in [-0.15, -0.1) is 0 Å². The molecule has 0 heterocycles. The zero-order valence-corrected chi connectivity index (χ0v) is 12.6. The maximum absolute atomic E-state index is 3.64. The molecule has 0 aliphatic carbocycles. The maximum Gasteiger partial charge on any atom is 0.0192 e. The van der Waals surface area contributed by atoms with Crippen molar-refractivity contribution in [2.75, 3.05) is 13.6 Å². The zero-order chi connectivity index (χ0) is 12.9. The normalized spacial score (nSPS) is 16.9. The molecule has 0 aliphatic heterocycles. The minimum Gasteiger partial charge on any atom is -0.310 e. The van der Waals surface area contributed by atoms with Crippen molar-refractivity contribution >= 4 is 0 Å². The summed E-state index contributed by atoms with van der Waals surface area (Å²) in [5.74, 6) is 0.714. The Kier molecular flexibility index (Phi) is 6.57. The highest BCUT2D eigenvalue weighted by Crippen LogP contribution is 2.12. The van der Waals surface area contributed by atoms with Gasteiger partial charge in [-0.05, 0) is 47.1 Å². The Morgan fingerprint density at radius 3 is 2.00 bits per heavy atom. The van der Waals surface area contributed by atoms with Crippen LogP contribution in [-0.4, -0.2) is 36.1 Å². The average Bonchev–Trinajstić information content (AvgIpc) is 2.23. The fraction of sp³-hybridized carbons (Fsp3) is 1.00. The van der Waals surface area contributed by atoms with Crippen LogP contribution in [0.4, 0.5) is 0 Å². The molecule has 0 radical (unpaired) electrons. The third kappa shape index (κ3) is 5.31. The summed E-state index contributed by atoms with van der Waals surface area (Å²) < 4.78 is 0. The highest BCUT2D eigenvalue weighted by atomic mass is 15.2. The maximum atomic E-state index is 3.64. The summed E-state index contributed by atoms with van der Waals surface area (Å²) >= 11 is 0. The first-order valence-corrected chi connectivity index (χ1v) is 6.68. The Hall–Kier alpha value is -0.0800. The van der Waals surface area contributed by atoms with Gasteiger partial charge in [0.25, 0.3) is 0 Å². The lowest BCUT2D eigenvalue weighted by Crippen LogP contribution is -2.49. The van der Waals surface area contributed by atoms with Gasteiger partial charge in [0.1, 0.15) is 0 Å². The largest absolute Gasteiger partial charge is 0.310 e. The SMILES string of the molecule is CCC(C)(C)NCC(C)N(C)C(C)C(C)C. The van der Waals surface area contributed by atoms with Gasteiger partial charge in [0.05, 0.1) is 0 Å². The van der Waals surface area contributed by atoms with Crippen molar-refractivity contribution in [2.24, 2.45) is 5.92 Å². The third-order valence-corrected chi connectivity index (χ3v) is 4.06. The van der Waals surface area contributed by atoms with Gasteiger partial charge in [0, 0.05) is 24.2 Å². The lowest BCUT2D eigenvalue weighted by atomic mass is 10.0. The van der Waals surface area contributed by atoms with Gasteiger partial charge >= 0.3 is 0 Å². The van der Waals surface area contributed by atoms with Crippen LogP contribution in [0.25, 0.3) is 0 Å². The van der Waals surface area contributed by atoms with Gasteiger partial charge in [-0.1, -0.05) is 20.8 Å². The van der Waals surface area contributed by atoms with E-state index in [9.17, 15) is 0 Å². The summed E-state index contributed by atoms with van der Waals surface area (Å²) in [4.78, 5) is 2.48. The summed E-state index contributed by atoms with van der Waals surface area (Å²) in [7, 11) is 2.23. The summed E-state index contributed by atoms with van der Waals surface area (Å²) in [6, 6.07) is 1.23. The molecule has 0 aliphatic rings. The van der Waals surface area contributed by atoms with E-state index in [1.165, 1.54) is 6.42 Å². The molecule has 1 N–H and O–H groups in total. The van der Waals surface area contributed by atoms with E-state index in [0.717, 1.165) is 6.54 Å². The molecule has 16 heavy (non-hydrogen) atoms. The number of hydrogen-bond donors (Lipinski definition) is 1. The molecule has 0 aromatic carbocycles. The van der Waals surface area contributed by atoms with Crippen molar-refractivity contribution in [2.45, 2.75) is 72.5 Å². The van der Waals surface area contributed by atoms with E-state index in [4.69, 9.17) is 0 Å². The topological polar surface area (TPSA) is 15.3 Å². The van der Waals surface area contributed by atoms with Crippen LogP contribution in [0.5, 0.6) is 0 Å². The number of hydrogen-bond acceptors (Lipinski definition) is 2. The molecule has 2 unspecified atom stereocenters. The van der Waals surface area contributed by atoms with E-state index in [2.05, 4.69) is 65.7 Å². The van der Waals surface area contributed by atoms with E-state index < -0.39 is 0 Å². The molecular weight excluding hydrogens is 196 g/mol. The lowest BCUT2D eigenvalue weighted by molar-refractivity contribution is 0.148. The second-order valence-electron chi connectivity index (χ2n) is 6.12. The molecule has 0 bridgehead atoms. The first kappa shape index (κ1) is 15.9. The Balaban J connectivity index is 4.11. The number of nitrogens with zero attached hydrogens (tertiary/aromatic N) is 1. The molecule has 0 saturated heterocycles. The summed E-state index contributed by atoms with van der Waals surface area (Å²) in [6.45, 7) is 17.0. The quantitative estimate of drug-likeness (QED) is 0.720. The molecule has 2 nitrogen and oxygen atoms in total. The second kappa shape index (κ2) is 6.61. The number of rotatable bonds is 7. The van der Waals surface area contributed by atoms with Crippen LogP contribution >= 0.6 is 0 Å². The van der Waals surface area contributed by atoms with Crippen molar-refractivity contribution in [1.29, 1.82) is 0 Å². The third-order valence-electron chi connectivity index (χ3n) is 4.06. The molecule has 0 fully saturated rings. The predicted octanol–water partition coefficient (Wildman–Crippen LogP) is 3.13. The average molecular weight is 228 g/mol. The van der Waals surface area contributed by atoms with Gasteiger partial charge in [0.2, 0.25) is 0 Å². The number of likely N-dealkylation sites (N-methyl/N-ethyl adjacent to an activating group) is 1. The van der Waals surface area contributed by atoms with Crippen LogP contribution in [0.3, 0.4) is 0 Å². The summed E-state index contributed by atoms with van der Waals surface area (Å²) in [5.41, 5.74) is 0.260. The fourth-order valence-corrected chi connectivity index (χ4v) is 1.56. The van der Waals surface area contributed by atoms with Gasteiger partial charge < -0.3 is 5.32 Å². The minimum atomic E-state index is 0.260. The molecule has 0 amide bonds. The molecule has 98 valence electrons. The van der Waals surface area contributed by atoms with Gasteiger partial charge in [-0.2, -0.15) is 0 Å². The van der Waals surface area contributed by atoms with Crippen LogP contribution < -0.4 is 5.32 Å². The lowest BCUT2D eigenvalue weighted by Gasteiger charge is -2.35. The molecule has 0 aromatic rings. The van der Waals surface area contributed by atoms with Crippen molar-refractivity contribution in [1.82, 2.24) is 10.2 Å². The molecule has 0 spiro atoms. The summed E-state index contributed by atoms with van der Waals surface area (Å²) in [6.07, 6.45) is 1.17. The van der Waals surface area contributed by atoms with Crippen LogP contribution in [0.2, 0.25) is 0 Å². The van der Waals surface area contributed by atoms with Gasteiger partial charge in [-0.3, -0.25) is 4.90 Å². The van der Waals surface area contributed by atoms with Crippen molar-refractivity contribution < 1.29 is 0 Å². The minimum absolute atomic E-state index is 0.260. The van der Waals surface area contributed by atoms with E-state index in [-0.39, 0.29) is 5.54 Å². The van der Waals surface area contributed by atoms with E-state index in [1.807, 2.05) is 0 Å². The molecule has 0 rings (SSSR count). The Morgan fingerprint density at radius 1 is 1.12 bits per heavy atom. The molecular formula is C14H32N2. The summed E-state index contributed by atoms with van der Waals surface area (Å²) in [5, 5.41) is 3.64. The Morgan fingerprint density at radius 2 is 1.62 bits per heavy atom. The van der Waals surface area contributed by atoms with Crippen LogP contribution in [0, 0.1) is 5.92 Å². The van der Waals surface area contributed by atoms with Crippen LogP contribution in [-0.2, 0) is 0 Å². The standard InChI is InChI=1S/C14H32N2/c1-9-14(6,7)15-10-12(4)16(8)13(5)11(2)3/h11-13,15H,9-10H2,1-8H3. The van der Waals surface area contributed by atoms with Crippen molar-refractivity contribution in [3.05, 3.63) is 0 Å². The van der Waals surface area contributed by atoms with Crippen molar-refractivity contribution in [3.63, 3.8) is 0 Å². The smallest absolute Gasteiger partial charge is 0.0192 e. The predicted molar refractivity (Wildman–Crippen MR) is 73.9 cm³/mol. The molecule has 0 saturated carbocycles. The van der Waals surface area contributed by atoms with Crippen molar-refractivity contribution in [3.8, 4) is 0 Å². The van der Waals surface area contributed by atoms with E-state index in [1.54, 1.807) is 0 Å². The molecule has 0 aromatic heterocycles. The Bertz CT molecular complexity index is 187. The molecule has 2 atom stereocenters. The van der Waals surface area contributed by atoms with Gasteiger partial charge in [-0.25, -0.2) is 0 Å². The van der Waals surface area contributed by atoms with E-state index >= 15 is 0 Å². The van der Waals surface area contributed by atoms with Gasteiger partial charge in [0.15, 0.2) is 0 Å². The van der Waals surface area contributed by atoms with Crippen LogP contribution in [0.1, 0.15) is 54.9 Å². The molecule has 2 heteroatoms. The monoisotopic (exact) mass is 228 g/mol. The second-order valence-corrected chi connectivity index (χ2v) is 6.12. The highest BCUT2D eigenvalue weighted by Gasteiger charge is 2.21. The first-order valence-electron chi connectivity index (χ1n) is 6.68. The fourth-order valence-electron chi connectivity index (χ4n) is 1.56. The van der Waals surface area contributed by atoms with Crippen LogP contribution in [0.15, 0.2) is 0 Å².